The maximum atomic E-state index is 11.7. The number of anilines is 2. The molecule has 1 aromatic carbocycles. The molecule has 0 atom stereocenters. The number of nitrogens with one attached hydrogen (secondary N) is 1. The molecule has 0 unspecified atom stereocenters. The van der Waals surface area contributed by atoms with Gasteiger partial charge in [-0.15, -0.1) is 4.91 Å². The lowest BCUT2D eigenvalue weighted by Crippen LogP contribution is -2.37. The van der Waals surface area contributed by atoms with Gasteiger partial charge in [0.25, 0.3) is 0 Å². The fourth-order valence-corrected chi connectivity index (χ4v) is 3.15. The first-order valence-electron chi connectivity index (χ1n) is 9.51. The summed E-state index contributed by atoms with van der Waals surface area (Å²) in [6.45, 7) is 5.29. The van der Waals surface area contributed by atoms with Crippen molar-refractivity contribution in [3.8, 4) is 6.01 Å². The highest BCUT2D eigenvalue weighted by molar-refractivity contribution is 6.42. The van der Waals surface area contributed by atoms with E-state index in [1.807, 2.05) is 11.0 Å². The third-order valence-corrected chi connectivity index (χ3v) is 5.16. The average molecular weight is 440 g/mol. The first-order valence-corrected chi connectivity index (χ1v) is 10.3. The quantitative estimate of drug-likeness (QED) is 0.442. The number of morpholine rings is 1. The average Bonchev–Trinajstić information content (AvgIpc) is 2.75. The predicted molar refractivity (Wildman–Crippen MR) is 115 cm³/mol. The van der Waals surface area contributed by atoms with Crippen LogP contribution in [0, 0.1) is 4.91 Å². The van der Waals surface area contributed by atoms with E-state index in [4.69, 9.17) is 32.7 Å². The molecule has 8 nitrogen and oxygen atoms in total. The minimum absolute atomic E-state index is 0.148. The summed E-state index contributed by atoms with van der Waals surface area (Å²) in [5.41, 5.74) is 1.03. The molecule has 1 fully saturated rings. The lowest BCUT2D eigenvalue weighted by atomic mass is 10.2. The molecule has 0 saturated carbocycles. The zero-order valence-electron chi connectivity index (χ0n) is 16.2. The van der Waals surface area contributed by atoms with Crippen LogP contribution in [0.3, 0.4) is 0 Å². The van der Waals surface area contributed by atoms with E-state index < -0.39 is 0 Å². The van der Waals surface area contributed by atoms with Gasteiger partial charge < -0.3 is 19.7 Å². The van der Waals surface area contributed by atoms with Crippen molar-refractivity contribution in [2.24, 2.45) is 5.18 Å². The van der Waals surface area contributed by atoms with Gasteiger partial charge in [-0.05, 0) is 29.3 Å². The summed E-state index contributed by atoms with van der Waals surface area (Å²) in [5.74, 6) is 0.760. The van der Waals surface area contributed by atoms with Crippen molar-refractivity contribution in [1.29, 1.82) is 0 Å². The molecule has 2 aromatic rings. The van der Waals surface area contributed by atoms with Gasteiger partial charge in [-0.2, -0.15) is 9.97 Å². The molecule has 3 rings (SSSR count). The third kappa shape index (κ3) is 5.68. The van der Waals surface area contributed by atoms with Gasteiger partial charge in [0.1, 0.15) is 0 Å². The van der Waals surface area contributed by atoms with Gasteiger partial charge in [0.15, 0.2) is 17.3 Å². The van der Waals surface area contributed by atoms with Crippen LogP contribution in [0.25, 0.3) is 0 Å². The number of aromatic nitrogens is 2. The van der Waals surface area contributed by atoms with E-state index in [0.29, 0.717) is 61.1 Å². The fraction of sp³-hybridized carbons (Fsp3) is 0.474. The molecular formula is C19H23Cl2N5O3. The number of nitroso groups, excluding NO2 is 1. The second kappa shape index (κ2) is 10.6. The monoisotopic (exact) mass is 439 g/mol. The van der Waals surface area contributed by atoms with Crippen LogP contribution < -0.4 is 15.0 Å². The SMILES string of the molecule is CCCCOc1nc(NCc2ccc(Cl)c(Cl)c2)c(N=O)c(N2CCOCC2)n1. The van der Waals surface area contributed by atoms with E-state index in [-0.39, 0.29) is 11.7 Å². The number of ether oxygens (including phenoxy) is 2. The summed E-state index contributed by atoms with van der Waals surface area (Å²) in [5, 5.41) is 7.30. The highest BCUT2D eigenvalue weighted by atomic mass is 35.5. The lowest BCUT2D eigenvalue weighted by molar-refractivity contribution is 0.122. The van der Waals surface area contributed by atoms with Crippen molar-refractivity contribution in [2.45, 2.75) is 26.3 Å². The van der Waals surface area contributed by atoms with E-state index in [1.165, 1.54) is 0 Å². The molecule has 0 bridgehead atoms. The Labute approximate surface area is 179 Å². The molecule has 0 spiro atoms. The third-order valence-electron chi connectivity index (χ3n) is 4.42. The molecule has 0 radical (unpaired) electrons. The van der Waals surface area contributed by atoms with Crippen LogP contribution in [0.2, 0.25) is 10.0 Å². The topological polar surface area (TPSA) is 88.9 Å². The van der Waals surface area contributed by atoms with E-state index in [9.17, 15) is 4.91 Å². The molecule has 0 aliphatic carbocycles. The van der Waals surface area contributed by atoms with Gasteiger partial charge in [0.05, 0.1) is 29.9 Å². The number of benzene rings is 1. The Kier molecular flexibility index (Phi) is 7.85. The molecule has 29 heavy (non-hydrogen) atoms. The molecule has 1 saturated heterocycles. The van der Waals surface area contributed by atoms with E-state index >= 15 is 0 Å². The van der Waals surface area contributed by atoms with E-state index in [2.05, 4.69) is 27.4 Å². The summed E-state index contributed by atoms with van der Waals surface area (Å²) in [6, 6.07) is 5.54. The smallest absolute Gasteiger partial charge is 0.320 e. The molecule has 1 aliphatic rings. The van der Waals surface area contributed by atoms with Gasteiger partial charge in [-0.3, -0.25) is 0 Å². The molecular weight excluding hydrogens is 417 g/mol. The van der Waals surface area contributed by atoms with Crippen molar-refractivity contribution in [3.05, 3.63) is 38.7 Å². The maximum Gasteiger partial charge on any atom is 0.320 e. The molecule has 1 N–H and O–H groups in total. The van der Waals surface area contributed by atoms with Gasteiger partial charge in [0.2, 0.25) is 0 Å². The number of nitrogens with zero attached hydrogens (tertiary/aromatic N) is 4. The zero-order chi connectivity index (χ0) is 20.6. The Hall–Kier alpha value is -2.16. The van der Waals surface area contributed by atoms with Crippen molar-refractivity contribution >= 4 is 40.5 Å². The number of unbranched alkanes of at least 4 members (excludes halogenated alkanes) is 1. The molecule has 10 heteroatoms. The van der Waals surface area contributed by atoms with Gasteiger partial charge >= 0.3 is 6.01 Å². The normalized spacial score (nSPS) is 14.0. The second-order valence-electron chi connectivity index (χ2n) is 6.52. The summed E-state index contributed by atoms with van der Waals surface area (Å²) in [4.78, 5) is 22.4. The van der Waals surface area contributed by atoms with E-state index in [0.717, 1.165) is 18.4 Å². The molecule has 0 amide bonds. The molecule has 1 aromatic heterocycles. The van der Waals surface area contributed by atoms with Crippen molar-refractivity contribution in [2.75, 3.05) is 43.1 Å². The number of halogens is 2. The van der Waals surface area contributed by atoms with Crippen LogP contribution in [-0.4, -0.2) is 42.9 Å². The van der Waals surface area contributed by atoms with Crippen LogP contribution in [0.1, 0.15) is 25.3 Å². The predicted octanol–water partition coefficient (Wildman–Crippen LogP) is 4.81. The van der Waals surface area contributed by atoms with Crippen LogP contribution in [0.5, 0.6) is 6.01 Å². The number of rotatable bonds is 9. The minimum Gasteiger partial charge on any atom is -0.463 e. The van der Waals surface area contributed by atoms with E-state index in [1.54, 1.807) is 12.1 Å². The largest absolute Gasteiger partial charge is 0.463 e. The fourth-order valence-electron chi connectivity index (χ4n) is 2.83. The summed E-state index contributed by atoms with van der Waals surface area (Å²) < 4.78 is 11.1. The highest BCUT2D eigenvalue weighted by Crippen LogP contribution is 2.36. The Bertz CT molecular complexity index is 847. The summed E-state index contributed by atoms with van der Waals surface area (Å²) in [6.07, 6.45) is 1.88. The van der Waals surface area contributed by atoms with Crippen LogP contribution in [0.4, 0.5) is 17.3 Å². The van der Waals surface area contributed by atoms with Crippen LogP contribution in [-0.2, 0) is 11.3 Å². The standard InChI is InChI=1S/C19H23Cl2N5O3/c1-2-3-8-29-19-23-17(22-12-13-4-5-14(20)15(21)11-13)16(25-27)18(24-19)26-6-9-28-10-7-26/h4-5,11H,2-3,6-10,12H2,1H3,(H,22,23,24). The Morgan fingerprint density at radius 1 is 1.24 bits per heavy atom. The van der Waals surface area contributed by atoms with Crippen molar-refractivity contribution in [1.82, 2.24) is 9.97 Å². The molecule has 156 valence electrons. The minimum atomic E-state index is 0.148. The molecule has 2 heterocycles. The van der Waals surface area contributed by atoms with Crippen molar-refractivity contribution in [3.63, 3.8) is 0 Å². The van der Waals surface area contributed by atoms with Crippen LogP contribution >= 0.6 is 23.2 Å². The maximum absolute atomic E-state index is 11.7. The Morgan fingerprint density at radius 3 is 2.72 bits per heavy atom. The summed E-state index contributed by atoms with van der Waals surface area (Å²) >= 11 is 12.1. The Morgan fingerprint density at radius 2 is 2.03 bits per heavy atom. The van der Waals surface area contributed by atoms with Crippen LogP contribution in [0.15, 0.2) is 23.4 Å². The first-order chi connectivity index (χ1) is 14.1. The lowest BCUT2D eigenvalue weighted by Gasteiger charge is -2.28. The zero-order valence-corrected chi connectivity index (χ0v) is 17.7. The van der Waals surface area contributed by atoms with Gasteiger partial charge in [0, 0.05) is 19.6 Å². The number of hydrogen-bond donors (Lipinski definition) is 1. The second-order valence-corrected chi connectivity index (χ2v) is 7.34. The molecule has 1 aliphatic heterocycles. The first kappa shape index (κ1) is 21.5. The van der Waals surface area contributed by atoms with Gasteiger partial charge in [-0.25, -0.2) is 0 Å². The Balaban J connectivity index is 1.88. The van der Waals surface area contributed by atoms with Gasteiger partial charge in [-0.1, -0.05) is 42.6 Å². The highest BCUT2D eigenvalue weighted by Gasteiger charge is 2.23. The number of hydrogen-bond acceptors (Lipinski definition) is 8. The summed E-state index contributed by atoms with van der Waals surface area (Å²) in [7, 11) is 0. The van der Waals surface area contributed by atoms with Crippen molar-refractivity contribution < 1.29 is 9.47 Å².